The summed E-state index contributed by atoms with van der Waals surface area (Å²) in [5.74, 6) is -2.69. The molecule has 1 saturated carbocycles. The number of hydrogen-bond acceptors (Lipinski definition) is 7. The van der Waals surface area contributed by atoms with Gasteiger partial charge in [0.15, 0.2) is 0 Å². The largest absolute Gasteiger partial charge is 0.465 e. The highest BCUT2D eigenvalue weighted by Gasteiger charge is 2.70. The number of esters is 1. The van der Waals surface area contributed by atoms with Gasteiger partial charge in [0, 0.05) is 26.6 Å². The van der Waals surface area contributed by atoms with Crippen molar-refractivity contribution in [2.75, 3.05) is 33.9 Å². The van der Waals surface area contributed by atoms with E-state index >= 15 is 0 Å². The highest BCUT2D eigenvalue weighted by Crippen LogP contribution is 2.65. The van der Waals surface area contributed by atoms with Crippen LogP contribution in [0.1, 0.15) is 77.7 Å². The third-order valence-electron chi connectivity index (χ3n) is 9.97. The van der Waals surface area contributed by atoms with Gasteiger partial charge in [0.05, 0.1) is 25.3 Å². The topological polar surface area (TPSA) is 155 Å². The number of rotatable bonds is 14. The average Bonchev–Trinajstić information content (AvgIpc) is 3.32. The van der Waals surface area contributed by atoms with Crippen molar-refractivity contribution in [3.63, 3.8) is 0 Å². The van der Waals surface area contributed by atoms with Crippen LogP contribution in [0.3, 0.4) is 0 Å². The fourth-order valence-electron chi connectivity index (χ4n) is 6.68. The van der Waals surface area contributed by atoms with E-state index in [1.807, 2.05) is 34.6 Å². The van der Waals surface area contributed by atoms with Crippen LogP contribution in [0.15, 0.2) is 24.3 Å². The highest BCUT2D eigenvalue weighted by atomic mass is 19.3. The molecule has 0 spiro atoms. The molecule has 6 atom stereocenters. The van der Waals surface area contributed by atoms with Gasteiger partial charge >= 0.3 is 12.0 Å². The number of halogens is 2. The Hall–Kier alpha value is -3.81. The number of hydrogen-bond donors (Lipinski definition) is 4. The average molecular weight is 708 g/mol. The van der Waals surface area contributed by atoms with Crippen LogP contribution in [0.25, 0.3) is 0 Å². The van der Waals surface area contributed by atoms with Gasteiger partial charge in [-0.2, -0.15) is 0 Å². The first-order chi connectivity index (χ1) is 23.1. The van der Waals surface area contributed by atoms with E-state index < -0.39 is 66.1 Å². The lowest BCUT2D eigenvalue weighted by Gasteiger charge is -2.38. The van der Waals surface area contributed by atoms with E-state index in [1.165, 1.54) is 19.1 Å². The van der Waals surface area contributed by atoms with Crippen molar-refractivity contribution in [2.45, 2.75) is 98.8 Å². The summed E-state index contributed by atoms with van der Waals surface area (Å²) in [6, 6.07) is 2.06. The van der Waals surface area contributed by atoms with E-state index in [9.17, 15) is 32.8 Å². The summed E-state index contributed by atoms with van der Waals surface area (Å²) in [4.78, 5) is 67.6. The third kappa shape index (κ3) is 9.91. The molecule has 1 heterocycles. The second kappa shape index (κ2) is 16.0. The second-order valence-electron chi connectivity index (χ2n) is 16.1. The van der Waals surface area contributed by atoms with Crippen LogP contribution in [0.5, 0.6) is 0 Å². The second-order valence-corrected chi connectivity index (χ2v) is 16.1. The minimum atomic E-state index is -2.88. The van der Waals surface area contributed by atoms with Crippen LogP contribution in [0, 0.1) is 28.1 Å². The zero-order valence-corrected chi connectivity index (χ0v) is 30.9. The van der Waals surface area contributed by atoms with E-state index in [-0.39, 0.29) is 48.4 Å². The highest BCUT2D eigenvalue weighted by molar-refractivity contribution is 5.96. The fourth-order valence-corrected chi connectivity index (χ4v) is 6.68. The van der Waals surface area contributed by atoms with Gasteiger partial charge in [-0.05, 0) is 52.2 Å². The van der Waals surface area contributed by atoms with Crippen molar-refractivity contribution >= 4 is 29.7 Å². The van der Waals surface area contributed by atoms with Crippen LogP contribution in [-0.2, 0) is 30.3 Å². The Labute approximate surface area is 294 Å². The maximum Gasteiger partial charge on any atom is 0.337 e. The molecule has 1 saturated heterocycles. The minimum Gasteiger partial charge on any atom is -0.465 e. The van der Waals surface area contributed by atoms with Crippen LogP contribution < -0.4 is 21.3 Å². The van der Waals surface area contributed by atoms with Gasteiger partial charge in [-0.3, -0.25) is 14.4 Å². The number of urea groups is 1. The van der Waals surface area contributed by atoms with E-state index in [0.717, 1.165) is 5.56 Å². The fraction of sp³-hybridized carbons (Fsp3) is 0.694. The Morgan fingerprint density at radius 3 is 2.08 bits per heavy atom. The number of likely N-dealkylation sites (tertiary alicyclic amines) is 1. The minimum absolute atomic E-state index is 0.0171. The number of nitrogens with zero attached hydrogens (tertiary/aromatic N) is 1. The molecule has 0 radical (unpaired) electrons. The van der Waals surface area contributed by atoms with Gasteiger partial charge in [0.1, 0.15) is 18.1 Å². The lowest BCUT2D eigenvalue weighted by atomic mass is 9.85. The van der Waals surface area contributed by atoms with Crippen LogP contribution in [0.4, 0.5) is 13.6 Å². The number of methoxy groups -OCH3 is 2. The molecular weight excluding hydrogens is 652 g/mol. The quantitative estimate of drug-likeness (QED) is 0.216. The van der Waals surface area contributed by atoms with E-state index in [2.05, 4.69) is 21.3 Å². The zero-order chi connectivity index (χ0) is 37.8. The summed E-state index contributed by atoms with van der Waals surface area (Å²) in [5, 5.41) is 10.9. The van der Waals surface area contributed by atoms with E-state index in [1.54, 1.807) is 45.0 Å². The zero-order valence-electron chi connectivity index (χ0n) is 30.9. The Morgan fingerprint density at radius 2 is 1.56 bits per heavy atom. The summed E-state index contributed by atoms with van der Waals surface area (Å²) in [6.07, 6.45) is -3.44. The van der Waals surface area contributed by atoms with Gasteiger partial charge in [0.2, 0.25) is 24.1 Å². The molecule has 1 aromatic carbocycles. The molecule has 4 N–H and O–H groups in total. The summed E-state index contributed by atoms with van der Waals surface area (Å²) in [5.41, 5.74) is -0.223. The molecular formula is C36H55F2N5O7. The first-order valence-corrected chi connectivity index (χ1v) is 17.0. The molecule has 1 aliphatic carbocycles. The van der Waals surface area contributed by atoms with Gasteiger partial charge in [-0.1, -0.05) is 67.5 Å². The molecule has 2 aliphatic rings. The normalized spacial score (nSPS) is 21.4. The smallest absolute Gasteiger partial charge is 0.337 e. The van der Waals surface area contributed by atoms with Crippen LogP contribution in [0.2, 0.25) is 0 Å². The van der Waals surface area contributed by atoms with Crippen molar-refractivity contribution in [1.29, 1.82) is 0 Å². The maximum absolute atomic E-state index is 14.2. The summed E-state index contributed by atoms with van der Waals surface area (Å²) in [7, 11) is 2.82. The van der Waals surface area contributed by atoms with Gasteiger partial charge in [0.25, 0.3) is 0 Å². The summed E-state index contributed by atoms with van der Waals surface area (Å²) in [6.45, 7) is 15.9. The van der Waals surface area contributed by atoms with Crippen molar-refractivity contribution < 1.29 is 42.2 Å². The lowest BCUT2D eigenvalue weighted by Crippen LogP contribution is -2.62. The predicted octanol–water partition coefficient (Wildman–Crippen LogP) is 3.53. The van der Waals surface area contributed by atoms with Gasteiger partial charge < -0.3 is 35.6 Å². The molecule has 280 valence electrons. The molecule has 1 aromatic rings. The maximum atomic E-state index is 14.2. The van der Waals surface area contributed by atoms with Crippen molar-refractivity contribution in [3.05, 3.63) is 35.4 Å². The molecule has 50 heavy (non-hydrogen) atoms. The molecule has 5 amide bonds. The number of piperidine rings is 1. The molecule has 14 heteroatoms. The van der Waals surface area contributed by atoms with Gasteiger partial charge in [-0.25, -0.2) is 18.4 Å². The Morgan fingerprint density at radius 1 is 0.940 bits per heavy atom. The number of ether oxygens (including phenoxy) is 2. The number of benzene rings is 1. The molecule has 0 aromatic heterocycles. The first kappa shape index (κ1) is 40.6. The van der Waals surface area contributed by atoms with E-state index in [0.29, 0.717) is 12.0 Å². The number of nitrogens with one attached hydrogen (secondary N) is 4. The number of amides is 5. The SMILES string of the molecule is COC[C@@H](NC(=O)N[C@H](C(=O)N1C[C@H]2[C@@H]([C@H]1C(=O)N[C@@H](CC(F)F)C(=O)NCCc1ccc(C(=O)OC)cc1)C2(C)C)C(C)(C)C)C(C)(C)C. The number of carbonyl (C=O) groups excluding carboxylic acids is 5. The van der Waals surface area contributed by atoms with Crippen molar-refractivity contribution in [2.24, 2.45) is 28.1 Å². The molecule has 12 nitrogen and oxygen atoms in total. The molecule has 0 unspecified atom stereocenters. The van der Waals surface area contributed by atoms with Crippen molar-refractivity contribution in [1.82, 2.24) is 26.2 Å². The monoisotopic (exact) mass is 707 g/mol. The molecule has 3 rings (SSSR count). The predicted molar refractivity (Wildman–Crippen MR) is 183 cm³/mol. The van der Waals surface area contributed by atoms with Crippen molar-refractivity contribution in [3.8, 4) is 0 Å². The molecule has 1 aliphatic heterocycles. The number of fused-ring (bicyclic) bond motifs is 1. The van der Waals surface area contributed by atoms with Gasteiger partial charge in [-0.15, -0.1) is 0 Å². The van der Waals surface area contributed by atoms with E-state index in [4.69, 9.17) is 9.47 Å². The summed E-state index contributed by atoms with van der Waals surface area (Å²) < 4.78 is 37.4. The number of carbonyl (C=O) groups is 5. The lowest BCUT2D eigenvalue weighted by molar-refractivity contribution is -0.144. The summed E-state index contributed by atoms with van der Waals surface area (Å²) >= 11 is 0. The molecule has 2 fully saturated rings. The standard InChI is InChI=1S/C36H55F2N5O7/c1-34(2,3)24(19-49-9)41-33(48)42-28(35(4,5)6)31(46)43-18-22-26(36(22,7)8)27(43)30(45)40-23(17-25(37)38)29(44)39-16-15-20-11-13-21(14-12-20)32(47)50-10/h11-14,22-28H,15-19H2,1-10H3,(H,39,44)(H,40,45)(H2,41,42,48)/t22-,23-,24+,26-,27-,28+/m0/s1. The Kier molecular flexibility index (Phi) is 13.0. The third-order valence-corrected chi connectivity index (χ3v) is 9.97. The van der Waals surface area contributed by atoms with Crippen LogP contribution >= 0.6 is 0 Å². The Balaban J connectivity index is 1.75. The number of alkyl halides is 2. The van der Waals surface area contributed by atoms with Crippen LogP contribution in [-0.4, -0.2) is 99.1 Å². The molecule has 0 bridgehead atoms. The Bertz CT molecular complexity index is 1390. The first-order valence-electron chi connectivity index (χ1n) is 17.0.